The smallest absolute Gasteiger partial charge is 0.0420 e. The molecule has 2 nitrogen and oxygen atoms in total. The molecular weight excluding hydrogens is 388 g/mol. The van der Waals surface area contributed by atoms with Crippen molar-refractivity contribution in [2.24, 2.45) is 0 Å². The van der Waals surface area contributed by atoms with Crippen molar-refractivity contribution in [3.05, 3.63) is 58.7 Å². The van der Waals surface area contributed by atoms with Gasteiger partial charge >= 0.3 is 0 Å². The molecule has 2 heteroatoms. The number of para-hydroxylation sites is 2. The Hall–Kier alpha value is -1.96. The van der Waals surface area contributed by atoms with Crippen LogP contribution in [0.1, 0.15) is 91.5 Å². The SMILES string of the molecule is CC.CC.CC.CC.CC.Cc1cccc(C)c1N(C)C.Cc1cccc(C)c1N(C)C. The van der Waals surface area contributed by atoms with E-state index in [0.29, 0.717) is 0 Å². The summed E-state index contributed by atoms with van der Waals surface area (Å²) in [5.41, 5.74) is 8.05. The first-order valence-electron chi connectivity index (χ1n) is 12.7. The molecule has 0 saturated heterocycles. The third-order valence-corrected chi connectivity index (χ3v) is 3.77. The number of aryl methyl sites for hydroxylation is 4. The van der Waals surface area contributed by atoms with Gasteiger partial charge in [-0.15, -0.1) is 0 Å². The molecule has 2 aromatic rings. The minimum atomic E-state index is 1.34. The molecule has 0 radical (unpaired) electrons. The first kappa shape index (κ1) is 40.4. The largest absolute Gasteiger partial charge is 0.377 e. The summed E-state index contributed by atoms with van der Waals surface area (Å²) in [6.07, 6.45) is 0. The topological polar surface area (TPSA) is 6.48 Å². The number of hydrogen-bond acceptors (Lipinski definition) is 2. The van der Waals surface area contributed by atoms with Crippen molar-refractivity contribution in [3.8, 4) is 0 Å². The number of hydrogen-bond donors (Lipinski definition) is 0. The van der Waals surface area contributed by atoms with Crippen molar-refractivity contribution in [2.75, 3.05) is 38.0 Å². The van der Waals surface area contributed by atoms with Gasteiger partial charge in [0.05, 0.1) is 0 Å². The fraction of sp³-hybridized carbons (Fsp3) is 0.600. The fourth-order valence-corrected chi connectivity index (χ4v) is 3.02. The molecule has 0 saturated carbocycles. The van der Waals surface area contributed by atoms with E-state index in [1.807, 2.05) is 69.2 Å². The molecule has 0 heterocycles. The second-order valence-corrected chi connectivity index (χ2v) is 6.27. The van der Waals surface area contributed by atoms with Crippen molar-refractivity contribution >= 4 is 11.4 Å². The highest BCUT2D eigenvalue weighted by molar-refractivity contribution is 5.58. The van der Waals surface area contributed by atoms with Crippen LogP contribution in [0, 0.1) is 27.7 Å². The van der Waals surface area contributed by atoms with Gasteiger partial charge in [-0.1, -0.05) is 106 Å². The van der Waals surface area contributed by atoms with Crippen molar-refractivity contribution in [1.29, 1.82) is 0 Å². The Bertz CT molecular complexity index is 518. The summed E-state index contributed by atoms with van der Waals surface area (Å²) < 4.78 is 0. The lowest BCUT2D eigenvalue weighted by Gasteiger charge is -2.17. The van der Waals surface area contributed by atoms with Gasteiger partial charge in [-0.25, -0.2) is 0 Å². The molecule has 2 aromatic carbocycles. The Morgan fingerprint density at radius 1 is 0.375 bits per heavy atom. The molecule has 0 unspecified atom stereocenters. The molecule has 2 rings (SSSR count). The molecule has 190 valence electrons. The lowest BCUT2D eigenvalue weighted by molar-refractivity contribution is 1.10. The summed E-state index contributed by atoms with van der Waals surface area (Å²) in [4.78, 5) is 4.31. The maximum atomic E-state index is 2.16. The van der Waals surface area contributed by atoms with Crippen LogP contribution >= 0.6 is 0 Å². The molecule has 0 spiro atoms. The average molecular weight is 449 g/mol. The lowest BCUT2D eigenvalue weighted by atomic mass is 10.1. The summed E-state index contributed by atoms with van der Waals surface area (Å²) in [5, 5.41) is 0. The number of nitrogens with zero attached hydrogens (tertiary/aromatic N) is 2. The van der Waals surface area contributed by atoms with Gasteiger partial charge in [0.1, 0.15) is 0 Å². The van der Waals surface area contributed by atoms with E-state index in [4.69, 9.17) is 0 Å². The highest BCUT2D eigenvalue weighted by Crippen LogP contribution is 2.22. The molecule has 0 aromatic heterocycles. The van der Waals surface area contributed by atoms with Crippen molar-refractivity contribution in [3.63, 3.8) is 0 Å². The molecule has 0 aliphatic heterocycles. The minimum absolute atomic E-state index is 1.34. The zero-order chi connectivity index (χ0) is 26.9. The van der Waals surface area contributed by atoms with E-state index in [-0.39, 0.29) is 0 Å². The van der Waals surface area contributed by atoms with Crippen LogP contribution in [0.5, 0.6) is 0 Å². The first-order chi connectivity index (χ1) is 15.3. The molecule has 0 amide bonds. The highest BCUT2D eigenvalue weighted by atomic mass is 15.1. The zero-order valence-electron chi connectivity index (χ0n) is 25.4. The van der Waals surface area contributed by atoms with E-state index in [9.17, 15) is 0 Å². The lowest BCUT2D eigenvalue weighted by Crippen LogP contribution is -2.11. The summed E-state index contributed by atoms with van der Waals surface area (Å²) in [6.45, 7) is 28.6. The van der Waals surface area contributed by atoms with Crippen molar-refractivity contribution in [1.82, 2.24) is 0 Å². The normalized spacial score (nSPS) is 7.69. The molecule has 0 atom stereocenters. The van der Waals surface area contributed by atoms with Crippen LogP contribution in [-0.4, -0.2) is 28.2 Å². The van der Waals surface area contributed by atoms with Crippen LogP contribution in [0.2, 0.25) is 0 Å². The molecule has 0 bridgehead atoms. The Balaban J connectivity index is -0.000000109. The third kappa shape index (κ3) is 17.7. The van der Waals surface area contributed by atoms with Gasteiger partial charge in [-0.2, -0.15) is 0 Å². The molecule has 0 N–H and O–H groups in total. The minimum Gasteiger partial charge on any atom is -0.377 e. The fourth-order valence-electron chi connectivity index (χ4n) is 3.02. The molecule has 0 aliphatic carbocycles. The number of rotatable bonds is 2. The monoisotopic (exact) mass is 448 g/mol. The standard InChI is InChI=1S/2C10H15N.5C2H6/c2*1-8-6-5-7-9(2)10(8)11(3)4;5*1-2/h2*5-7H,1-4H3;5*1-2H3. The average Bonchev–Trinajstić information content (AvgIpc) is 2.80. The molecular formula is C30H60N2. The van der Waals surface area contributed by atoms with Gasteiger partial charge in [-0.05, 0) is 49.9 Å². The van der Waals surface area contributed by atoms with Crippen LogP contribution in [0.3, 0.4) is 0 Å². The Kier molecular flexibility index (Phi) is 36.7. The van der Waals surface area contributed by atoms with E-state index in [1.165, 1.54) is 33.6 Å². The van der Waals surface area contributed by atoms with Crippen LogP contribution in [0.25, 0.3) is 0 Å². The van der Waals surface area contributed by atoms with E-state index in [1.54, 1.807) is 0 Å². The van der Waals surface area contributed by atoms with Gasteiger partial charge in [0.25, 0.3) is 0 Å². The van der Waals surface area contributed by atoms with E-state index < -0.39 is 0 Å². The Labute approximate surface area is 205 Å². The molecule has 0 fully saturated rings. The third-order valence-electron chi connectivity index (χ3n) is 3.77. The zero-order valence-corrected chi connectivity index (χ0v) is 25.4. The van der Waals surface area contributed by atoms with Gasteiger partial charge in [-0.3, -0.25) is 0 Å². The Morgan fingerprint density at radius 2 is 0.531 bits per heavy atom. The summed E-state index contributed by atoms with van der Waals surface area (Å²) in [6, 6.07) is 12.8. The maximum absolute atomic E-state index is 2.16. The van der Waals surface area contributed by atoms with Gasteiger partial charge in [0.2, 0.25) is 0 Å². The Morgan fingerprint density at radius 3 is 0.625 bits per heavy atom. The quantitative estimate of drug-likeness (QED) is 0.451. The molecule has 0 aliphatic rings. The number of benzene rings is 2. The second kappa shape index (κ2) is 29.0. The van der Waals surface area contributed by atoms with Crippen LogP contribution < -0.4 is 9.80 Å². The number of anilines is 2. The maximum Gasteiger partial charge on any atom is 0.0420 e. The van der Waals surface area contributed by atoms with Crippen LogP contribution in [0.4, 0.5) is 11.4 Å². The van der Waals surface area contributed by atoms with Gasteiger partial charge < -0.3 is 9.80 Å². The van der Waals surface area contributed by atoms with Crippen molar-refractivity contribution < 1.29 is 0 Å². The summed E-state index contributed by atoms with van der Waals surface area (Å²) in [5.74, 6) is 0. The highest BCUT2D eigenvalue weighted by Gasteiger charge is 2.02. The van der Waals surface area contributed by atoms with E-state index in [0.717, 1.165) is 0 Å². The van der Waals surface area contributed by atoms with Gasteiger partial charge in [0, 0.05) is 39.6 Å². The van der Waals surface area contributed by atoms with Crippen LogP contribution in [0.15, 0.2) is 36.4 Å². The summed E-state index contributed by atoms with van der Waals surface area (Å²) in [7, 11) is 8.31. The first-order valence-corrected chi connectivity index (χ1v) is 12.7. The van der Waals surface area contributed by atoms with Crippen LogP contribution in [-0.2, 0) is 0 Å². The predicted molar refractivity (Wildman–Crippen MR) is 157 cm³/mol. The predicted octanol–water partition coefficient (Wildman–Crippen LogP) is 9.87. The van der Waals surface area contributed by atoms with E-state index in [2.05, 4.69) is 102 Å². The van der Waals surface area contributed by atoms with E-state index >= 15 is 0 Å². The van der Waals surface area contributed by atoms with Gasteiger partial charge in [0.15, 0.2) is 0 Å². The molecule has 32 heavy (non-hydrogen) atoms. The van der Waals surface area contributed by atoms with Crippen molar-refractivity contribution in [2.45, 2.75) is 96.9 Å². The summed E-state index contributed by atoms with van der Waals surface area (Å²) >= 11 is 0. The second-order valence-electron chi connectivity index (χ2n) is 6.27.